The average molecular weight is 500 g/mol. The molecule has 0 aromatic heterocycles. The SMILES string of the molecule is CCc1ccc(C(=O)[O-])cc1.Cc1ccc([C@@H](C)O)cc1.[NH3+][C@H](c1ccccc1)[C@@H](O)c1ccccc1. The van der Waals surface area contributed by atoms with Gasteiger partial charge in [0.05, 0.1) is 12.1 Å². The topological polar surface area (TPSA) is 108 Å². The summed E-state index contributed by atoms with van der Waals surface area (Å²) in [5.74, 6) is -1.12. The van der Waals surface area contributed by atoms with Crippen LogP contribution in [0.4, 0.5) is 0 Å². The molecule has 5 heteroatoms. The summed E-state index contributed by atoms with van der Waals surface area (Å²) >= 11 is 0. The molecule has 0 aliphatic carbocycles. The minimum atomic E-state index is -1.12. The van der Waals surface area contributed by atoms with Crippen molar-refractivity contribution in [3.05, 3.63) is 143 Å². The fourth-order valence-corrected chi connectivity index (χ4v) is 3.49. The van der Waals surface area contributed by atoms with Gasteiger partial charge in [0.1, 0.15) is 12.1 Å². The van der Waals surface area contributed by atoms with Crippen molar-refractivity contribution in [3.63, 3.8) is 0 Å². The second-order valence-electron chi connectivity index (χ2n) is 8.80. The molecule has 5 N–H and O–H groups in total. The maximum atomic E-state index is 10.3. The second kappa shape index (κ2) is 15.4. The van der Waals surface area contributed by atoms with Crippen LogP contribution in [0.3, 0.4) is 0 Å². The molecule has 4 aromatic rings. The summed E-state index contributed by atoms with van der Waals surface area (Å²) in [7, 11) is 0. The van der Waals surface area contributed by atoms with Gasteiger partial charge in [0, 0.05) is 5.56 Å². The van der Waals surface area contributed by atoms with Gasteiger partial charge in [-0.2, -0.15) is 0 Å². The van der Waals surface area contributed by atoms with Crippen molar-refractivity contribution < 1.29 is 25.8 Å². The fourth-order valence-electron chi connectivity index (χ4n) is 3.49. The predicted molar refractivity (Wildman–Crippen MR) is 145 cm³/mol. The van der Waals surface area contributed by atoms with Crippen LogP contribution in [0.15, 0.2) is 109 Å². The van der Waals surface area contributed by atoms with Gasteiger partial charge in [0.25, 0.3) is 0 Å². The smallest absolute Gasteiger partial charge is 0.140 e. The molecule has 0 aliphatic rings. The third-order valence-electron chi connectivity index (χ3n) is 5.91. The highest BCUT2D eigenvalue weighted by molar-refractivity contribution is 5.85. The highest BCUT2D eigenvalue weighted by atomic mass is 16.4. The maximum Gasteiger partial charge on any atom is 0.140 e. The normalized spacial score (nSPS) is 12.6. The summed E-state index contributed by atoms with van der Waals surface area (Å²) in [5, 5.41) is 29.6. The average Bonchev–Trinajstić information content (AvgIpc) is 2.94. The zero-order valence-electron chi connectivity index (χ0n) is 21.7. The van der Waals surface area contributed by atoms with E-state index in [1.807, 2.05) is 98.8 Å². The van der Waals surface area contributed by atoms with E-state index in [1.165, 1.54) is 5.56 Å². The van der Waals surface area contributed by atoms with Gasteiger partial charge in [0.15, 0.2) is 0 Å². The lowest BCUT2D eigenvalue weighted by atomic mass is 9.97. The predicted octanol–water partition coefficient (Wildman–Crippen LogP) is 4.36. The van der Waals surface area contributed by atoms with E-state index in [2.05, 4.69) is 5.73 Å². The van der Waals surface area contributed by atoms with Gasteiger partial charge in [-0.1, -0.05) is 122 Å². The molecule has 3 atom stereocenters. The van der Waals surface area contributed by atoms with Crippen LogP contribution in [0.25, 0.3) is 0 Å². The van der Waals surface area contributed by atoms with Crippen molar-refractivity contribution in [1.82, 2.24) is 0 Å². The molecule has 0 heterocycles. The van der Waals surface area contributed by atoms with E-state index >= 15 is 0 Å². The molecule has 0 amide bonds. The monoisotopic (exact) mass is 499 g/mol. The number of aromatic carboxylic acids is 1. The quantitative estimate of drug-likeness (QED) is 0.366. The lowest BCUT2D eigenvalue weighted by Gasteiger charge is -2.16. The summed E-state index contributed by atoms with van der Waals surface area (Å²) in [6, 6.07) is 34.0. The Morgan fingerprint density at radius 2 is 1.24 bits per heavy atom. The number of aryl methyl sites for hydroxylation is 2. The summed E-state index contributed by atoms with van der Waals surface area (Å²) in [4.78, 5) is 10.3. The molecule has 0 fully saturated rings. The third-order valence-corrected chi connectivity index (χ3v) is 5.91. The molecule has 4 rings (SSSR count). The molecule has 37 heavy (non-hydrogen) atoms. The molecule has 5 nitrogen and oxygen atoms in total. The van der Waals surface area contributed by atoms with Crippen LogP contribution in [0.5, 0.6) is 0 Å². The highest BCUT2D eigenvalue weighted by Crippen LogP contribution is 2.24. The summed E-state index contributed by atoms with van der Waals surface area (Å²) in [5.41, 5.74) is 9.57. The molecule has 4 aromatic carbocycles. The Morgan fingerprint density at radius 3 is 1.68 bits per heavy atom. The molecular weight excluding hydrogens is 462 g/mol. The second-order valence-corrected chi connectivity index (χ2v) is 8.80. The first kappa shape index (κ1) is 29.5. The third kappa shape index (κ3) is 10.0. The van der Waals surface area contributed by atoms with Crippen molar-refractivity contribution in [2.75, 3.05) is 0 Å². The van der Waals surface area contributed by atoms with Crippen LogP contribution >= 0.6 is 0 Å². The van der Waals surface area contributed by atoms with E-state index in [0.717, 1.165) is 28.7 Å². The van der Waals surface area contributed by atoms with Crippen molar-refractivity contribution in [2.24, 2.45) is 0 Å². The van der Waals surface area contributed by atoms with Gasteiger partial charge in [0.2, 0.25) is 0 Å². The Hall–Kier alpha value is -3.77. The number of carbonyl (C=O) groups is 1. The first-order valence-electron chi connectivity index (χ1n) is 12.4. The van der Waals surface area contributed by atoms with Gasteiger partial charge in [-0.15, -0.1) is 0 Å². The summed E-state index contributed by atoms with van der Waals surface area (Å²) in [6.07, 6.45) is 0.0250. The Labute approximate surface area is 219 Å². The van der Waals surface area contributed by atoms with Crippen LogP contribution in [0.2, 0.25) is 0 Å². The van der Waals surface area contributed by atoms with E-state index in [1.54, 1.807) is 31.2 Å². The minimum absolute atomic E-state index is 0.136. The number of rotatable bonds is 6. The van der Waals surface area contributed by atoms with Crippen molar-refractivity contribution in [3.8, 4) is 0 Å². The van der Waals surface area contributed by atoms with Gasteiger partial charge >= 0.3 is 0 Å². The lowest BCUT2D eigenvalue weighted by molar-refractivity contribution is -0.446. The first-order chi connectivity index (χ1) is 17.7. The zero-order valence-corrected chi connectivity index (χ0v) is 21.7. The van der Waals surface area contributed by atoms with Crippen LogP contribution in [-0.2, 0) is 6.42 Å². The Bertz CT molecular complexity index is 1130. The van der Waals surface area contributed by atoms with Crippen molar-refractivity contribution >= 4 is 5.97 Å². The number of hydrogen-bond acceptors (Lipinski definition) is 4. The number of carboxylic acid groups (broad SMARTS) is 1. The van der Waals surface area contributed by atoms with Crippen LogP contribution in [0, 0.1) is 6.92 Å². The van der Waals surface area contributed by atoms with Crippen molar-refractivity contribution in [1.29, 1.82) is 0 Å². The van der Waals surface area contributed by atoms with Crippen LogP contribution in [-0.4, -0.2) is 16.2 Å². The number of benzene rings is 4. The van der Waals surface area contributed by atoms with E-state index in [-0.39, 0.29) is 17.7 Å². The van der Waals surface area contributed by atoms with E-state index in [4.69, 9.17) is 5.11 Å². The number of carbonyl (C=O) groups excluding carboxylic acids is 1. The maximum absolute atomic E-state index is 10.3. The van der Waals surface area contributed by atoms with Crippen LogP contribution in [0.1, 0.15) is 70.3 Å². The first-order valence-corrected chi connectivity index (χ1v) is 12.4. The van der Waals surface area contributed by atoms with Crippen LogP contribution < -0.4 is 10.8 Å². The number of aliphatic hydroxyl groups is 2. The Balaban J connectivity index is 0.000000203. The number of quaternary nitrogens is 1. The number of aliphatic hydroxyl groups excluding tert-OH is 2. The number of hydrogen-bond donors (Lipinski definition) is 3. The molecule has 0 radical (unpaired) electrons. The molecular formula is C32H37NO4. The highest BCUT2D eigenvalue weighted by Gasteiger charge is 2.21. The van der Waals surface area contributed by atoms with Crippen molar-refractivity contribution in [2.45, 2.75) is 45.4 Å². The number of carboxylic acids is 1. The molecule has 0 unspecified atom stereocenters. The fraction of sp³-hybridized carbons (Fsp3) is 0.219. The Kier molecular flexibility index (Phi) is 12.2. The molecule has 0 spiro atoms. The molecule has 0 aliphatic heterocycles. The van der Waals surface area contributed by atoms with E-state index in [0.29, 0.717) is 0 Å². The summed E-state index contributed by atoms with van der Waals surface area (Å²) in [6.45, 7) is 5.82. The Morgan fingerprint density at radius 1 is 0.757 bits per heavy atom. The van der Waals surface area contributed by atoms with Gasteiger partial charge < -0.3 is 25.8 Å². The lowest BCUT2D eigenvalue weighted by Crippen LogP contribution is -2.56. The van der Waals surface area contributed by atoms with Gasteiger partial charge in [-0.05, 0) is 42.5 Å². The standard InChI is InChI=1S/C14H15NO.C9H10O2.C9H12O/c15-13(11-7-3-1-4-8-11)14(16)12-9-5-2-6-10-12;1-2-7-3-5-8(6-4-7)9(10)11;1-7-3-5-9(6-4-7)8(2)10/h1-10,13-14,16H,15H2;3-6H,2H2,1H3,(H,10,11);3-6,8,10H,1-2H3/t13-,14+;;8-/m1.1/s1. The van der Waals surface area contributed by atoms with E-state index < -0.39 is 12.1 Å². The minimum Gasteiger partial charge on any atom is -0.545 e. The van der Waals surface area contributed by atoms with Gasteiger partial charge in [-0.25, -0.2) is 0 Å². The zero-order chi connectivity index (χ0) is 27.2. The largest absolute Gasteiger partial charge is 0.545 e. The molecule has 0 bridgehead atoms. The molecule has 0 saturated carbocycles. The van der Waals surface area contributed by atoms with E-state index in [9.17, 15) is 15.0 Å². The molecule has 0 saturated heterocycles. The molecule has 194 valence electrons. The van der Waals surface area contributed by atoms with Gasteiger partial charge in [-0.3, -0.25) is 0 Å². The summed E-state index contributed by atoms with van der Waals surface area (Å²) < 4.78 is 0.